The molecule has 0 spiro atoms. The maximum atomic E-state index is 12.0. The van der Waals surface area contributed by atoms with Crippen LogP contribution in [0.4, 0.5) is 4.79 Å². The summed E-state index contributed by atoms with van der Waals surface area (Å²) in [7, 11) is 0. The van der Waals surface area contributed by atoms with E-state index in [0.717, 1.165) is 25.6 Å². The van der Waals surface area contributed by atoms with E-state index in [2.05, 4.69) is 12.2 Å². The summed E-state index contributed by atoms with van der Waals surface area (Å²) in [6.45, 7) is 5.12. The van der Waals surface area contributed by atoms with Crippen LogP contribution < -0.4 is 5.32 Å². The van der Waals surface area contributed by atoms with Gasteiger partial charge in [0, 0.05) is 19.6 Å². The lowest BCUT2D eigenvalue weighted by Crippen LogP contribution is -2.45. The summed E-state index contributed by atoms with van der Waals surface area (Å²) >= 11 is 0. The van der Waals surface area contributed by atoms with E-state index in [1.165, 1.54) is 44.9 Å². The van der Waals surface area contributed by atoms with Crippen LogP contribution >= 0.6 is 0 Å². The van der Waals surface area contributed by atoms with Gasteiger partial charge in [0.2, 0.25) is 0 Å². The highest BCUT2D eigenvalue weighted by Gasteiger charge is 2.23. The van der Waals surface area contributed by atoms with Crippen LogP contribution in [0.25, 0.3) is 0 Å². The Balaban J connectivity index is 1.71. The molecule has 2 aliphatic rings. The molecule has 0 radical (unpaired) electrons. The second kappa shape index (κ2) is 6.27. The average Bonchev–Trinajstić information content (AvgIpc) is 2.38. The van der Waals surface area contributed by atoms with Gasteiger partial charge in [-0.15, -0.1) is 0 Å². The maximum Gasteiger partial charge on any atom is 0.317 e. The second-order valence-corrected chi connectivity index (χ2v) is 5.76. The molecule has 1 aliphatic carbocycles. The third kappa shape index (κ3) is 3.62. The maximum absolute atomic E-state index is 12.0. The fourth-order valence-corrected chi connectivity index (χ4v) is 3.12. The monoisotopic (exact) mass is 238 g/mol. The van der Waals surface area contributed by atoms with E-state index < -0.39 is 0 Å². The van der Waals surface area contributed by atoms with Crippen molar-refractivity contribution in [2.45, 2.75) is 51.9 Å². The van der Waals surface area contributed by atoms with Crippen molar-refractivity contribution < 1.29 is 4.79 Å². The number of piperidine rings is 1. The number of carbonyl (C=O) groups is 1. The van der Waals surface area contributed by atoms with E-state index in [4.69, 9.17) is 0 Å². The molecule has 2 amide bonds. The van der Waals surface area contributed by atoms with Crippen molar-refractivity contribution in [3.63, 3.8) is 0 Å². The van der Waals surface area contributed by atoms with E-state index in [1.54, 1.807) is 0 Å². The number of carbonyl (C=O) groups excluding carboxylic acids is 1. The minimum Gasteiger partial charge on any atom is -0.338 e. The summed E-state index contributed by atoms with van der Waals surface area (Å²) < 4.78 is 0. The molecule has 3 nitrogen and oxygen atoms in total. The van der Waals surface area contributed by atoms with Gasteiger partial charge in [-0.05, 0) is 37.5 Å². The second-order valence-electron chi connectivity index (χ2n) is 5.76. The van der Waals surface area contributed by atoms with Gasteiger partial charge in [-0.3, -0.25) is 0 Å². The van der Waals surface area contributed by atoms with Gasteiger partial charge in [-0.25, -0.2) is 4.79 Å². The highest BCUT2D eigenvalue weighted by molar-refractivity contribution is 5.74. The van der Waals surface area contributed by atoms with Gasteiger partial charge >= 0.3 is 6.03 Å². The Morgan fingerprint density at radius 2 is 1.82 bits per heavy atom. The molecule has 98 valence electrons. The summed E-state index contributed by atoms with van der Waals surface area (Å²) in [5.74, 6) is 1.49. The number of hydrogen-bond acceptors (Lipinski definition) is 1. The zero-order valence-electron chi connectivity index (χ0n) is 11.1. The summed E-state index contributed by atoms with van der Waals surface area (Å²) in [6, 6.07) is 0.169. The van der Waals surface area contributed by atoms with Gasteiger partial charge in [-0.1, -0.05) is 26.2 Å². The molecule has 1 saturated heterocycles. The molecule has 17 heavy (non-hydrogen) atoms. The van der Waals surface area contributed by atoms with E-state index in [-0.39, 0.29) is 6.03 Å². The van der Waals surface area contributed by atoms with Gasteiger partial charge in [-0.2, -0.15) is 0 Å². The molecule has 1 heterocycles. The van der Waals surface area contributed by atoms with Gasteiger partial charge in [0.1, 0.15) is 0 Å². The first-order chi connectivity index (χ1) is 8.27. The van der Waals surface area contributed by atoms with Crippen LogP contribution in [-0.2, 0) is 0 Å². The van der Waals surface area contributed by atoms with Gasteiger partial charge in [0.05, 0.1) is 0 Å². The Kier molecular flexibility index (Phi) is 4.69. The summed E-state index contributed by atoms with van der Waals surface area (Å²) in [4.78, 5) is 13.9. The SMILES string of the molecule is CC1CCCCC1CNC(=O)N1CCCCC1. The first-order valence-corrected chi connectivity index (χ1v) is 7.30. The molecule has 3 heteroatoms. The molecular weight excluding hydrogens is 212 g/mol. The van der Waals surface area contributed by atoms with E-state index in [0.29, 0.717) is 5.92 Å². The lowest BCUT2D eigenvalue weighted by molar-refractivity contribution is 0.178. The van der Waals surface area contributed by atoms with Crippen LogP contribution in [-0.4, -0.2) is 30.6 Å². The molecule has 0 aromatic rings. The number of rotatable bonds is 2. The molecule has 2 fully saturated rings. The highest BCUT2D eigenvalue weighted by atomic mass is 16.2. The number of amides is 2. The van der Waals surface area contributed by atoms with Gasteiger partial charge < -0.3 is 10.2 Å². The fraction of sp³-hybridized carbons (Fsp3) is 0.929. The molecule has 0 aromatic carbocycles. The van der Waals surface area contributed by atoms with E-state index in [9.17, 15) is 4.79 Å². The Labute approximate surface area is 105 Å². The average molecular weight is 238 g/mol. The van der Waals surface area contributed by atoms with Crippen molar-refractivity contribution in [3.8, 4) is 0 Å². The molecule has 2 unspecified atom stereocenters. The number of nitrogens with zero attached hydrogens (tertiary/aromatic N) is 1. The van der Waals surface area contributed by atoms with Crippen molar-refractivity contribution in [2.24, 2.45) is 11.8 Å². The molecule has 0 bridgehead atoms. The molecule has 2 atom stereocenters. The fourth-order valence-electron chi connectivity index (χ4n) is 3.12. The number of likely N-dealkylation sites (tertiary alicyclic amines) is 1. The third-order valence-electron chi connectivity index (χ3n) is 4.45. The van der Waals surface area contributed by atoms with Crippen LogP contribution in [0.15, 0.2) is 0 Å². The smallest absolute Gasteiger partial charge is 0.317 e. The van der Waals surface area contributed by atoms with Crippen molar-refractivity contribution in [1.82, 2.24) is 10.2 Å². The topological polar surface area (TPSA) is 32.3 Å². The minimum atomic E-state index is 0.169. The van der Waals surface area contributed by atoms with Crippen LogP contribution in [0.2, 0.25) is 0 Å². The standard InChI is InChI=1S/C14H26N2O/c1-12-7-3-4-8-13(12)11-15-14(17)16-9-5-2-6-10-16/h12-13H,2-11H2,1H3,(H,15,17). The number of hydrogen-bond donors (Lipinski definition) is 1. The molecule has 2 rings (SSSR count). The zero-order chi connectivity index (χ0) is 12.1. The summed E-state index contributed by atoms with van der Waals surface area (Å²) in [5, 5.41) is 3.14. The van der Waals surface area contributed by atoms with E-state index >= 15 is 0 Å². The summed E-state index contributed by atoms with van der Waals surface area (Å²) in [6.07, 6.45) is 8.97. The lowest BCUT2D eigenvalue weighted by atomic mass is 9.80. The third-order valence-corrected chi connectivity index (χ3v) is 4.45. The Morgan fingerprint density at radius 3 is 2.53 bits per heavy atom. The summed E-state index contributed by atoms with van der Waals surface area (Å²) in [5.41, 5.74) is 0. The van der Waals surface area contributed by atoms with Crippen molar-refractivity contribution >= 4 is 6.03 Å². The van der Waals surface area contributed by atoms with E-state index in [1.807, 2.05) is 4.90 Å². The molecule has 1 N–H and O–H groups in total. The Bertz CT molecular complexity index is 249. The molecular formula is C14H26N2O. The van der Waals surface area contributed by atoms with Crippen LogP contribution in [0.3, 0.4) is 0 Å². The van der Waals surface area contributed by atoms with Crippen LogP contribution in [0.5, 0.6) is 0 Å². The molecule has 1 saturated carbocycles. The van der Waals surface area contributed by atoms with Crippen molar-refractivity contribution in [1.29, 1.82) is 0 Å². The first-order valence-electron chi connectivity index (χ1n) is 7.30. The Morgan fingerprint density at radius 1 is 1.12 bits per heavy atom. The first kappa shape index (κ1) is 12.7. The number of nitrogens with one attached hydrogen (secondary N) is 1. The molecule has 0 aromatic heterocycles. The largest absolute Gasteiger partial charge is 0.338 e. The quantitative estimate of drug-likeness (QED) is 0.788. The lowest BCUT2D eigenvalue weighted by Gasteiger charge is -2.31. The highest BCUT2D eigenvalue weighted by Crippen LogP contribution is 2.28. The predicted molar refractivity (Wildman–Crippen MR) is 69.9 cm³/mol. The zero-order valence-corrected chi connectivity index (χ0v) is 11.1. The predicted octanol–water partition coefficient (Wildman–Crippen LogP) is 3.01. The van der Waals surface area contributed by atoms with Crippen molar-refractivity contribution in [2.75, 3.05) is 19.6 Å². The van der Waals surface area contributed by atoms with Gasteiger partial charge in [0.25, 0.3) is 0 Å². The van der Waals surface area contributed by atoms with Crippen LogP contribution in [0.1, 0.15) is 51.9 Å². The van der Waals surface area contributed by atoms with Crippen molar-refractivity contribution in [3.05, 3.63) is 0 Å². The van der Waals surface area contributed by atoms with Gasteiger partial charge in [0.15, 0.2) is 0 Å². The molecule has 1 aliphatic heterocycles. The van der Waals surface area contributed by atoms with Crippen LogP contribution in [0, 0.1) is 11.8 Å². The number of urea groups is 1. The normalized spacial score (nSPS) is 30.1. The minimum absolute atomic E-state index is 0.169. The Hall–Kier alpha value is -0.730.